The number of amides is 1. The molecule has 0 radical (unpaired) electrons. The average Bonchev–Trinajstić information content (AvgIpc) is 3.12. The molecule has 5 aliphatic rings. The van der Waals surface area contributed by atoms with Crippen LogP contribution in [0.4, 0.5) is 5.69 Å². The van der Waals surface area contributed by atoms with Crippen molar-refractivity contribution in [2.24, 2.45) is 11.8 Å². The lowest BCUT2D eigenvalue weighted by Gasteiger charge is -2.45. The molecule has 2 N–H and O–H groups in total. The number of esters is 1. The molecule has 3 heterocycles. The Morgan fingerprint density at radius 3 is 2.77 bits per heavy atom. The number of rotatable bonds is 1. The molecule has 9 heteroatoms. The van der Waals surface area contributed by atoms with Gasteiger partial charge in [0.15, 0.2) is 5.60 Å². The van der Waals surface area contributed by atoms with Crippen molar-refractivity contribution >= 4 is 29.2 Å². The Morgan fingerprint density at radius 2 is 2.02 bits per heavy atom. The highest BCUT2D eigenvalue weighted by Gasteiger charge is 2.47. The number of carbonyl (C=O) groups is 2. The number of carbonyl (C=O) groups excluding carboxylic acids is 2. The number of hydrogen-bond acceptors (Lipinski definition) is 7. The van der Waals surface area contributed by atoms with Gasteiger partial charge in [0.1, 0.15) is 5.75 Å². The molecular weight excluding hydrogens is 580 g/mol. The van der Waals surface area contributed by atoms with Gasteiger partial charge in [0.05, 0.1) is 31.9 Å². The summed E-state index contributed by atoms with van der Waals surface area (Å²) in [6.45, 7) is 2.44. The SMILES string of the molecule is COC(=O)[C@@]1(O)CC(=O)N2CC[C@@H]2C/C=C/[C@H](O)[C@@H]2CC[C@H]2CN2C[C@@]3(CCCc4cc(Cl)ccc43)COc3ccc1cc32. The summed E-state index contributed by atoms with van der Waals surface area (Å²) < 4.78 is 11.7. The number of aliphatic hydroxyl groups excluding tert-OH is 1. The van der Waals surface area contributed by atoms with Crippen LogP contribution in [0.5, 0.6) is 5.75 Å². The third kappa shape index (κ3) is 4.99. The van der Waals surface area contributed by atoms with Gasteiger partial charge < -0.3 is 29.5 Å². The lowest BCUT2D eigenvalue weighted by atomic mass is 9.68. The summed E-state index contributed by atoms with van der Waals surface area (Å²) in [4.78, 5) is 30.8. The molecule has 1 saturated carbocycles. The summed E-state index contributed by atoms with van der Waals surface area (Å²) >= 11 is 6.41. The first-order chi connectivity index (χ1) is 21.2. The van der Waals surface area contributed by atoms with Crippen molar-refractivity contribution in [2.75, 3.05) is 38.3 Å². The van der Waals surface area contributed by atoms with Crippen molar-refractivity contribution < 1.29 is 29.3 Å². The van der Waals surface area contributed by atoms with Gasteiger partial charge in [-0.3, -0.25) is 4.79 Å². The third-order valence-corrected chi connectivity index (χ3v) is 11.3. The number of aryl methyl sites for hydroxylation is 1. The lowest BCUT2D eigenvalue weighted by molar-refractivity contribution is -0.169. The van der Waals surface area contributed by atoms with E-state index >= 15 is 0 Å². The molecule has 0 aromatic heterocycles. The Morgan fingerprint density at radius 1 is 1.16 bits per heavy atom. The highest BCUT2D eigenvalue weighted by atomic mass is 35.5. The Bertz CT molecular complexity index is 1500. The highest BCUT2D eigenvalue weighted by molar-refractivity contribution is 6.30. The van der Waals surface area contributed by atoms with Gasteiger partial charge in [-0.1, -0.05) is 35.9 Å². The molecule has 2 bridgehead atoms. The predicted octanol–water partition coefficient (Wildman–Crippen LogP) is 4.51. The number of methoxy groups -OCH3 is 1. The molecule has 6 atom stereocenters. The van der Waals surface area contributed by atoms with Gasteiger partial charge in [0.25, 0.3) is 0 Å². The van der Waals surface area contributed by atoms with Gasteiger partial charge in [-0.05, 0) is 97.7 Å². The Hall–Kier alpha value is -3.07. The Kier molecular flexibility index (Phi) is 7.66. The number of halogens is 1. The van der Waals surface area contributed by atoms with E-state index in [4.69, 9.17) is 21.1 Å². The minimum atomic E-state index is -2.15. The van der Waals surface area contributed by atoms with Crippen LogP contribution in [-0.2, 0) is 31.8 Å². The minimum absolute atomic E-state index is 0.0154. The van der Waals surface area contributed by atoms with E-state index in [-0.39, 0.29) is 29.2 Å². The van der Waals surface area contributed by atoms with Crippen LogP contribution in [-0.4, -0.2) is 72.5 Å². The summed E-state index contributed by atoms with van der Waals surface area (Å²) in [5, 5.41) is 23.9. The maximum atomic E-state index is 13.5. The monoisotopic (exact) mass is 620 g/mol. The quantitative estimate of drug-likeness (QED) is 0.357. The number of ether oxygens (including phenoxy) is 2. The fourth-order valence-electron chi connectivity index (χ4n) is 8.24. The third-order valence-electron chi connectivity index (χ3n) is 11.0. The molecule has 2 aromatic carbocycles. The molecule has 234 valence electrons. The van der Waals surface area contributed by atoms with Crippen molar-refractivity contribution in [1.29, 1.82) is 0 Å². The molecule has 2 aliphatic carbocycles. The van der Waals surface area contributed by atoms with E-state index in [1.54, 1.807) is 11.0 Å². The van der Waals surface area contributed by atoms with Crippen molar-refractivity contribution in [1.82, 2.24) is 4.90 Å². The maximum Gasteiger partial charge on any atom is 0.343 e. The molecular formula is C35H41ClN2O6. The molecule has 1 saturated heterocycles. The van der Waals surface area contributed by atoms with E-state index in [0.717, 1.165) is 49.2 Å². The molecule has 7 rings (SSSR count). The summed E-state index contributed by atoms with van der Waals surface area (Å²) in [5.74, 6) is -0.0841. The van der Waals surface area contributed by atoms with E-state index < -0.39 is 24.1 Å². The van der Waals surface area contributed by atoms with Crippen LogP contribution in [0, 0.1) is 11.8 Å². The van der Waals surface area contributed by atoms with E-state index in [1.165, 1.54) is 18.2 Å². The van der Waals surface area contributed by atoms with Crippen molar-refractivity contribution in [3.63, 3.8) is 0 Å². The Balaban J connectivity index is 1.33. The molecule has 2 aromatic rings. The van der Waals surface area contributed by atoms with Crippen LogP contribution in [0.3, 0.4) is 0 Å². The highest BCUT2D eigenvalue weighted by Crippen LogP contribution is 2.47. The Labute approximate surface area is 263 Å². The second-order valence-corrected chi connectivity index (χ2v) is 13.9. The van der Waals surface area contributed by atoms with E-state index in [2.05, 4.69) is 17.0 Å². The van der Waals surface area contributed by atoms with E-state index in [1.807, 2.05) is 30.4 Å². The largest absolute Gasteiger partial charge is 0.490 e. The van der Waals surface area contributed by atoms with Gasteiger partial charge in [0.2, 0.25) is 5.91 Å². The zero-order chi connectivity index (χ0) is 30.6. The molecule has 1 spiro atoms. The van der Waals surface area contributed by atoms with Crippen molar-refractivity contribution in [2.45, 2.75) is 74.5 Å². The normalized spacial score (nSPS) is 33.9. The van der Waals surface area contributed by atoms with Crippen LogP contribution >= 0.6 is 11.6 Å². The van der Waals surface area contributed by atoms with Crippen LogP contribution in [0.2, 0.25) is 5.02 Å². The first-order valence-electron chi connectivity index (χ1n) is 16.0. The van der Waals surface area contributed by atoms with Gasteiger partial charge >= 0.3 is 5.97 Å². The number of hydrogen-bond donors (Lipinski definition) is 2. The van der Waals surface area contributed by atoms with Crippen LogP contribution < -0.4 is 9.64 Å². The summed E-state index contributed by atoms with van der Waals surface area (Å²) in [5.41, 5.74) is 1.16. The first kappa shape index (κ1) is 29.6. The fraction of sp³-hybridized carbons (Fsp3) is 0.543. The number of aliphatic hydroxyl groups is 2. The smallest absolute Gasteiger partial charge is 0.343 e. The van der Waals surface area contributed by atoms with Crippen molar-refractivity contribution in [3.05, 3.63) is 70.3 Å². The maximum absolute atomic E-state index is 13.5. The number of nitrogens with zero attached hydrogens (tertiary/aromatic N) is 2. The van der Waals surface area contributed by atoms with Crippen LogP contribution in [0.25, 0.3) is 0 Å². The van der Waals surface area contributed by atoms with Gasteiger partial charge in [-0.25, -0.2) is 4.79 Å². The van der Waals surface area contributed by atoms with Gasteiger partial charge in [-0.2, -0.15) is 0 Å². The first-order valence-corrected chi connectivity index (χ1v) is 16.3. The molecule has 0 unspecified atom stereocenters. The van der Waals surface area contributed by atoms with Crippen LogP contribution in [0.1, 0.15) is 61.6 Å². The molecule has 2 fully saturated rings. The molecule has 8 nitrogen and oxygen atoms in total. The van der Waals surface area contributed by atoms with E-state index in [0.29, 0.717) is 44.0 Å². The number of anilines is 1. The zero-order valence-electron chi connectivity index (χ0n) is 25.2. The van der Waals surface area contributed by atoms with Gasteiger partial charge in [0, 0.05) is 36.1 Å². The second-order valence-electron chi connectivity index (χ2n) is 13.5. The second kappa shape index (κ2) is 11.4. The number of benzene rings is 2. The topological polar surface area (TPSA) is 99.5 Å². The minimum Gasteiger partial charge on any atom is -0.490 e. The molecule has 1 amide bonds. The predicted molar refractivity (Wildman–Crippen MR) is 167 cm³/mol. The lowest BCUT2D eigenvalue weighted by Crippen LogP contribution is -2.53. The molecule has 3 aliphatic heterocycles. The summed E-state index contributed by atoms with van der Waals surface area (Å²) in [7, 11) is 1.23. The number of fused-ring (bicyclic) bond motifs is 5. The van der Waals surface area contributed by atoms with Gasteiger partial charge in [-0.15, -0.1) is 0 Å². The van der Waals surface area contributed by atoms with Crippen molar-refractivity contribution in [3.8, 4) is 5.75 Å². The molecule has 44 heavy (non-hydrogen) atoms. The standard InChI is InChI=1S/C35H41ClN2O6/c1-43-33(41)35(42)18-32(40)38-15-13-26(38)5-2-6-30(39)27-10-7-23(27)19-37-20-34(21-44-31-12-8-24(35)17-29(31)37)14-3-4-22-16-25(36)9-11-28(22)34/h2,6,8-9,11-12,16-17,23,26-27,30,39,42H,3-5,7,10,13-15,18-21H2,1H3/b6-2+/t23-,26-,27+,30-,34-,35+/m0/s1. The van der Waals surface area contributed by atoms with E-state index in [9.17, 15) is 19.8 Å². The fourth-order valence-corrected chi connectivity index (χ4v) is 8.43. The zero-order valence-corrected chi connectivity index (χ0v) is 26.0. The summed E-state index contributed by atoms with van der Waals surface area (Å²) in [6, 6.07) is 11.5. The summed E-state index contributed by atoms with van der Waals surface area (Å²) in [6.07, 6.45) is 9.31. The average molecular weight is 621 g/mol. The van der Waals surface area contributed by atoms with Crippen LogP contribution in [0.15, 0.2) is 48.6 Å².